The quantitative estimate of drug-likeness (QED) is 0.682. The summed E-state index contributed by atoms with van der Waals surface area (Å²) in [5.74, 6) is 1.03. The summed E-state index contributed by atoms with van der Waals surface area (Å²) in [7, 11) is 0. The third kappa shape index (κ3) is 3.21. The summed E-state index contributed by atoms with van der Waals surface area (Å²) in [6.45, 7) is 9.43. The highest BCUT2D eigenvalue weighted by Gasteiger charge is 2.37. The zero-order valence-electron chi connectivity index (χ0n) is 11.2. The first-order valence-corrected chi connectivity index (χ1v) is 7.25. The lowest BCUT2D eigenvalue weighted by molar-refractivity contribution is 0.151. The predicted molar refractivity (Wildman–Crippen MR) is 69.7 cm³/mol. The van der Waals surface area contributed by atoms with Crippen LogP contribution in [0.15, 0.2) is 0 Å². The van der Waals surface area contributed by atoms with E-state index in [0.717, 1.165) is 24.5 Å². The van der Waals surface area contributed by atoms with Crippen molar-refractivity contribution in [2.45, 2.75) is 71.0 Å². The van der Waals surface area contributed by atoms with Gasteiger partial charge in [0.1, 0.15) is 0 Å². The van der Waals surface area contributed by atoms with Gasteiger partial charge in [-0.1, -0.05) is 13.8 Å². The van der Waals surface area contributed by atoms with Gasteiger partial charge in [0.2, 0.25) is 0 Å². The molecule has 0 aliphatic heterocycles. The SMILES string of the molecule is CCNC(CC)C(C)N(CC1CC1)C1CC1. The van der Waals surface area contributed by atoms with Crippen molar-refractivity contribution in [3.63, 3.8) is 0 Å². The van der Waals surface area contributed by atoms with Gasteiger partial charge in [-0.25, -0.2) is 0 Å². The highest BCUT2D eigenvalue weighted by molar-refractivity contribution is 4.94. The van der Waals surface area contributed by atoms with E-state index in [2.05, 4.69) is 31.0 Å². The average Bonchev–Trinajstić information content (AvgIpc) is 3.15. The predicted octanol–water partition coefficient (Wildman–Crippen LogP) is 2.64. The van der Waals surface area contributed by atoms with Crippen LogP contribution in [0.5, 0.6) is 0 Å². The second kappa shape index (κ2) is 5.50. The van der Waals surface area contributed by atoms with Crippen LogP contribution < -0.4 is 5.32 Å². The molecule has 2 heteroatoms. The van der Waals surface area contributed by atoms with E-state index in [1.807, 2.05) is 0 Å². The van der Waals surface area contributed by atoms with E-state index in [0.29, 0.717) is 6.04 Å². The molecule has 94 valence electrons. The molecule has 2 atom stereocenters. The highest BCUT2D eigenvalue weighted by atomic mass is 15.2. The zero-order chi connectivity index (χ0) is 11.5. The van der Waals surface area contributed by atoms with Crippen molar-refractivity contribution in [3.05, 3.63) is 0 Å². The Bertz CT molecular complexity index is 209. The summed E-state index contributed by atoms with van der Waals surface area (Å²) in [5, 5.41) is 3.65. The van der Waals surface area contributed by atoms with Crippen LogP contribution in [0.2, 0.25) is 0 Å². The Hall–Kier alpha value is -0.0800. The molecule has 16 heavy (non-hydrogen) atoms. The lowest BCUT2D eigenvalue weighted by atomic mass is 10.0. The van der Waals surface area contributed by atoms with Gasteiger partial charge >= 0.3 is 0 Å². The third-order valence-electron chi connectivity index (χ3n) is 4.19. The lowest BCUT2D eigenvalue weighted by Gasteiger charge is -2.35. The fourth-order valence-corrected chi connectivity index (χ4v) is 2.80. The van der Waals surface area contributed by atoms with Crippen molar-refractivity contribution in [2.75, 3.05) is 13.1 Å². The Morgan fingerprint density at radius 1 is 1.19 bits per heavy atom. The van der Waals surface area contributed by atoms with Crippen LogP contribution in [0.1, 0.15) is 52.9 Å². The Balaban J connectivity index is 1.88. The van der Waals surface area contributed by atoms with Gasteiger partial charge in [-0.15, -0.1) is 0 Å². The van der Waals surface area contributed by atoms with E-state index >= 15 is 0 Å². The number of hydrogen-bond donors (Lipinski definition) is 1. The topological polar surface area (TPSA) is 15.3 Å². The van der Waals surface area contributed by atoms with Gasteiger partial charge in [0.25, 0.3) is 0 Å². The molecule has 0 bridgehead atoms. The largest absolute Gasteiger partial charge is 0.313 e. The van der Waals surface area contributed by atoms with E-state index in [1.54, 1.807) is 0 Å². The van der Waals surface area contributed by atoms with E-state index < -0.39 is 0 Å². The second-order valence-electron chi connectivity index (χ2n) is 5.68. The fraction of sp³-hybridized carbons (Fsp3) is 1.00. The molecule has 0 radical (unpaired) electrons. The molecule has 1 N–H and O–H groups in total. The van der Waals surface area contributed by atoms with Gasteiger partial charge in [-0.3, -0.25) is 4.90 Å². The molecule has 2 fully saturated rings. The summed E-state index contributed by atoms with van der Waals surface area (Å²) < 4.78 is 0. The van der Waals surface area contributed by atoms with Gasteiger partial charge in [-0.2, -0.15) is 0 Å². The van der Waals surface area contributed by atoms with Gasteiger partial charge in [0.05, 0.1) is 0 Å². The molecular weight excluding hydrogens is 196 g/mol. The van der Waals surface area contributed by atoms with Gasteiger partial charge in [0.15, 0.2) is 0 Å². The molecule has 2 aliphatic carbocycles. The van der Waals surface area contributed by atoms with Crippen molar-refractivity contribution < 1.29 is 0 Å². The molecule has 0 heterocycles. The van der Waals surface area contributed by atoms with Crippen molar-refractivity contribution in [1.29, 1.82) is 0 Å². The van der Waals surface area contributed by atoms with Crippen LogP contribution in [-0.4, -0.2) is 36.1 Å². The van der Waals surface area contributed by atoms with Crippen LogP contribution >= 0.6 is 0 Å². The van der Waals surface area contributed by atoms with Crippen molar-refractivity contribution >= 4 is 0 Å². The molecule has 2 unspecified atom stereocenters. The van der Waals surface area contributed by atoms with Crippen LogP contribution in [0.3, 0.4) is 0 Å². The first kappa shape index (κ1) is 12.4. The van der Waals surface area contributed by atoms with Crippen LogP contribution in [0.4, 0.5) is 0 Å². The smallest absolute Gasteiger partial charge is 0.0224 e. The fourth-order valence-electron chi connectivity index (χ4n) is 2.80. The molecule has 0 saturated heterocycles. The van der Waals surface area contributed by atoms with Crippen LogP contribution in [0.25, 0.3) is 0 Å². The molecule has 0 aromatic carbocycles. The highest BCUT2D eigenvalue weighted by Crippen LogP contribution is 2.36. The Kier molecular flexibility index (Phi) is 4.26. The van der Waals surface area contributed by atoms with Crippen molar-refractivity contribution in [1.82, 2.24) is 10.2 Å². The molecular formula is C14H28N2. The van der Waals surface area contributed by atoms with E-state index in [9.17, 15) is 0 Å². The van der Waals surface area contributed by atoms with E-state index in [-0.39, 0.29) is 0 Å². The maximum absolute atomic E-state index is 3.65. The maximum Gasteiger partial charge on any atom is 0.0224 e. The van der Waals surface area contributed by atoms with Crippen molar-refractivity contribution in [3.8, 4) is 0 Å². The zero-order valence-corrected chi connectivity index (χ0v) is 11.2. The summed E-state index contributed by atoms with van der Waals surface area (Å²) in [4.78, 5) is 2.80. The lowest BCUT2D eigenvalue weighted by Crippen LogP contribution is -2.49. The minimum Gasteiger partial charge on any atom is -0.313 e. The summed E-state index contributed by atoms with van der Waals surface area (Å²) in [5.41, 5.74) is 0. The van der Waals surface area contributed by atoms with Crippen LogP contribution in [0, 0.1) is 5.92 Å². The third-order valence-corrected chi connectivity index (χ3v) is 4.19. The van der Waals surface area contributed by atoms with Gasteiger partial charge in [-0.05, 0) is 51.5 Å². The minimum absolute atomic E-state index is 0.685. The number of likely N-dealkylation sites (N-methyl/N-ethyl adjacent to an activating group) is 1. The van der Waals surface area contributed by atoms with Crippen molar-refractivity contribution in [2.24, 2.45) is 5.92 Å². The molecule has 2 saturated carbocycles. The van der Waals surface area contributed by atoms with Gasteiger partial charge in [0, 0.05) is 24.7 Å². The Morgan fingerprint density at radius 3 is 2.31 bits per heavy atom. The summed E-state index contributed by atoms with van der Waals surface area (Å²) >= 11 is 0. The Morgan fingerprint density at radius 2 is 1.88 bits per heavy atom. The van der Waals surface area contributed by atoms with E-state index in [1.165, 1.54) is 38.6 Å². The number of rotatable bonds is 8. The normalized spacial score (nSPS) is 24.8. The first-order valence-electron chi connectivity index (χ1n) is 7.25. The second-order valence-corrected chi connectivity index (χ2v) is 5.68. The molecule has 2 nitrogen and oxygen atoms in total. The summed E-state index contributed by atoms with van der Waals surface area (Å²) in [6.07, 6.45) is 7.10. The molecule has 2 rings (SSSR count). The minimum atomic E-state index is 0.685. The van der Waals surface area contributed by atoms with Gasteiger partial charge < -0.3 is 5.32 Å². The average molecular weight is 224 g/mol. The summed E-state index contributed by atoms with van der Waals surface area (Å²) in [6, 6.07) is 2.32. The number of nitrogens with zero attached hydrogens (tertiary/aromatic N) is 1. The Labute approximate surface area is 101 Å². The molecule has 0 aromatic heterocycles. The molecule has 0 spiro atoms. The van der Waals surface area contributed by atoms with Crippen LogP contribution in [-0.2, 0) is 0 Å². The van der Waals surface area contributed by atoms with E-state index in [4.69, 9.17) is 0 Å². The number of hydrogen-bond acceptors (Lipinski definition) is 2. The maximum atomic E-state index is 3.65. The molecule has 0 aromatic rings. The molecule has 2 aliphatic rings. The number of nitrogens with one attached hydrogen (secondary N) is 1. The standard InChI is InChI=1S/C14H28N2/c1-4-14(15-5-2)11(3)16(13-8-9-13)10-12-6-7-12/h11-15H,4-10H2,1-3H3. The monoisotopic (exact) mass is 224 g/mol. The first-order chi connectivity index (χ1) is 7.76. The molecule has 0 amide bonds.